The molecule has 2 heterocycles. The number of aryl methyl sites for hydroxylation is 2. The molecule has 0 aromatic heterocycles. The molecule has 5 aliphatic rings. The lowest BCUT2D eigenvalue weighted by atomic mass is 9.33. The van der Waals surface area contributed by atoms with E-state index in [1.165, 1.54) is 77.7 Å². The first-order valence-electron chi connectivity index (χ1n) is 27.4. The van der Waals surface area contributed by atoms with Crippen molar-refractivity contribution in [1.82, 2.24) is 0 Å². The summed E-state index contributed by atoms with van der Waals surface area (Å²) >= 11 is 0. The molecule has 0 amide bonds. The van der Waals surface area contributed by atoms with Gasteiger partial charge in [0.2, 0.25) is 0 Å². The molecule has 0 N–H and O–H groups in total. The van der Waals surface area contributed by atoms with Crippen molar-refractivity contribution >= 4 is 57.2 Å². The zero-order valence-corrected chi connectivity index (χ0v) is 44.2. The highest BCUT2D eigenvalue weighted by Gasteiger charge is 2.50. The average Bonchev–Trinajstić information content (AvgIpc) is 3.47. The maximum absolute atomic E-state index is 9.29. The van der Waals surface area contributed by atoms with Gasteiger partial charge >= 0.3 is 0 Å². The second-order valence-corrected chi connectivity index (χ2v) is 26.5. The van der Waals surface area contributed by atoms with E-state index in [9.17, 15) is 4.11 Å². The average molecular weight is 900 g/mol. The Balaban J connectivity index is 1.29. The Kier molecular flexibility index (Phi) is 8.81. The van der Waals surface area contributed by atoms with E-state index in [2.05, 4.69) is 218 Å². The van der Waals surface area contributed by atoms with Crippen molar-refractivity contribution in [2.75, 3.05) is 9.80 Å². The first kappa shape index (κ1) is 41.9. The normalized spacial score (nSPS) is 21.3. The molecule has 2 aliphatic heterocycles. The molecule has 6 aromatic carbocycles. The molecule has 0 bridgehead atoms. The fraction of sp³-hybridized carbons (Fsp3) is 0.446. The van der Waals surface area contributed by atoms with Crippen LogP contribution in [0.5, 0.6) is 0 Å². The number of fused-ring (bicyclic) bond motifs is 7. The molecule has 0 saturated carbocycles. The van der Waals surface area contributed by atoms with Crippen LogP contribution in [0.4, 0.5) is 34.1 Å². The molecule has 2 nitrogen and oxygen atoms in total. The van der Waals surface area contributed by atoms with Gasteiger partial charge in [0.25, 0.3) is 6.71 Å². The summed E-state index contributed by atoms with van der Waals surface area (Å²) in [6.07, 6.45) is 5.54. The van der Waals surface area contributed by atoms with Crippen molar-refractivity contribution in [3.05, 3.63) is 158 Å². The summed E-state index contributed by atoms with van der Waals surface area (Å²) in [4.78, 5) is 5.03. The first-order valence-corrected chi connectivity index (χ1v) is 25.9. The maximum atomic E-state index is 9.29. The Bertz CT molecular complexity index is 3240. The maximum Gasteiger partial charge on any atom is 0.252 e. The van der Waals surface area contributed by atoms with Gasteiger partial charge in [-0.25, -0.2) is 0 Å². The molecule has 0 saturated heterocycles. The van der Waals surface area contributed by atoms with Crippen LogP contribution in [-0.4, -0.2) is 6.71 Å². The van der Waals surface area contributed by atoms with Gasteiger partial charge in [0.05, 0.1) is 0 Å². The Morgan fingerprint density at radius 3 is 1.63 bits per heavy atom. The number of anilines is 6. The predicted molar refractivity (Wildman–Crippen MR) is 294 cm³/mol. The lowest BCUT2D eigenvalue weighted by Gasteiger charge is -2.48. The van der Waals surface area contributed by atoms with Gasteiger partial charge in [-0.05, 0) is 199 Å². The number of hydrogen-bond donors (Lipinski definition) is 0. The minimum Gasteiger partial charge on any atom is -0.311 e. The fourth-order valence-electron chi connectivity index (χ4n) is 14.6. The minimum absolute atomic E-state index is 0.0245. The van der Waals surface area contributed by atoms with Gasteiger partial charge in [-0.15, -0.1) is 0 Å². The Labute approximate surface area is 415 Å². The monoisotopic (exact) mass is 900 g/mol. The smallest absolute Gasteiger partial charge is 0.252 e. The molecule has 3 heteroatoms. The van der Waals surface area contributed by atoms with Gasteiger partial charge in [0.1, 0.15) is 0 Å². The molecule has 11 rings (SSSR count). The molecular weight excluding hydrogens is 820 g/mol. The molecule has 0 spiro atoms. The largest absolute Gasteiger partial charge is 0.311 e. The molecule has 68 heavy (non-hydrogen) atoms. The number of nitrogens with zero attached hydrogens (tertiary/aromatic N) is 2. The van der Waals surface area contributed by atoms with Crippen molar-refractivity contribution in [2.24, 2.45) is 0 Å². The third-order valence-corrected chi connectivity index (χ3v) is 18.6. The van der Waals surface area contributed by atoms with Crippen molar-refractivity contribution in [3.8, 4) is 0 Å². The van der Waals surface area contributed by atoms with Crippen LogP contribution >= 0.6 is 0 Å². The van der Waals surface area contributed by atoms with E-state index < -0.39 is 6.85 Å². The van der Waals surface area contributed by atoms with Crippen LogP contribution in [0.25, 0.3) is 0 Å². The summed E-state index contributed by atoms with van der Waals surface area (Å²) in [6, 6.07) is 37.2. The molecule has 3 aliphatic carbocycles. The third kappa shape index (κ3) is 6.41. The van der Waals surface area contributed by atoms with Gasteiger partial charge in [-0.3, -0.25) is 0 Å². The van der Waals surface area contributed by atoms with Crippen LogP contribution < -0.4 is 26.2 Å². The molecule has 0 radical (unpaired) electrons. The van der Waals surface area contributed by atoms with Crippen molar-refractivity contribution < 1.29 is 4.11 Å². The van der Waals surface area contributed by atoms with E-state index >= 15 is 0 Å². The summed E-state index contributed by atoms with van der Waals surface area (Å²) in [6.45, 7) is 35.8. The molecule has 0 atom stereocenters. The van der Waals surface area contributed by atoms with Crippen molar-refractivity contribution in [2.45, 2.75) is 188 Å². The number of hydrogen-bond acceptors (Lipinski definition) is 2. The van der Waals surface area contributed by atoms with Crippen molar-refractivity contribution in [1.29, 1.82) is 0 Å². The molecular formula is C65H77BN2. The van der Waals surface area contributed by atoms with E-state index in [0.717, 1.165) is 60.5 Å². The van der Waals surface area contributed by atoms with Crippen LogP contribution in [0.2, 0.25) is 0 Å². The fourth-order valence-corrected chi connectivity index (χ4v) is 14.6. The van der Waals surface area contributed by atoms with Crippen molar-refractivity contribution in [3.63, 3.8) is 0 Å². The predicted octanol–water partition coefficient (Wildman–Crippen LogP) is 15.7. The van der Waals surface area contributed by atoms with Crippen LogP contribution in [0.1, 0.15) is 194 Å². The summed E-state index contributed by atoms with van der Waals surface area (Å²) in [7, 11) is 0. The highest BCUT2D eigenvalue weighted by atomic mass is 15.2. The van der Waals surface area contributed by atoms with E-state index in [1.807, 2.05) is 0 Å². The van der Waals surface area contributed by atoms with Gasteiger partial charge in [-0.2, -0.15) is 0 Å². The van der Waals surface area contributed by atoms with E-state index in [1.54, 1.807) is 0 Å². The Morgan fingerprint density at radius 1 is 0.471 bits per heavy atom. The highest BCUT2D eigenvalue weighted by Crippen LogP contribution is 2.56. The Morgan fingerprint density at radius 2 is 1.00 bits per heavy atom. The zero-order valence-electron chi connectivity index (χ0n) is 47.2. The number of rotatable bonds is 4. The van der Waals surface area contributed by atoms with Crippen LogP contribution in [0.15, 0.2) is 97.1 Å². The Hall–Kier alpha value is -5.02. The second kappa shape index (κ2) is 14.3. The quantitative estimate of drug-likeness (QED) is 0.162. The van der Waals surface area contributed by atoms with E-state index in [-0.39, 0.29) is 44.6 Å². The summed E-state index contributed by atoms with van der Waals surface area (Å²) < 4.78 is 27.9. The van der Waals surface area contributed by atoms with Crippen LogP contribution in [0.3, 0.4) is 0 Å². The molecule has 0 fully saturated rings. The molecule has 350 valence electrons. The van der Waals surface area contributed by atoms with Crippen LogP contribution in [0, 0.1) is 20.7 Å². The van der Waals surface area contributed by atoms with Gasteiger partial charge in [0, 0.05) is 43.7 Å². The van der Waals surface area contributed by atoms with Gasteiger partial charge < -0.3 is 9.80 Å². The van der Waals surface area contributed by atoms with Gasteiger partial charge in [0.15, 0.2) is 0 Å². The topological polar surface area (TPSA) is 6.48 Å². The lowest BCUT2D eigenvalue weighted by Crippen LogP contribution is -2.61. The van der Waals surface area contributed by atoms with Crippen LogP contribution in [-0.2, 0) is 37.9 Å². The SMILES string of the molecule is [2H]C([2H])([2H])c1cc2c3c(c1)N(c1ccc4c(c1C)C(C)(C)CCC4(C)C)c1cc4c(cc1B3c1ccc(C(C)(C)c3ccccc3)cc1N2c1cc2c(cc1C)C(C)(C)CCC2(C)C)C(C)(C)CC4(C)C. The summed E-state index contributed by atoms with van der Waals surface area (Å²) in [5.41, 5.74) is 23.7. The second-order valence-electron chi connectivity index (χ2n) is 26.5. The highest BCUT2D eigenvalue weighted by molar-refractivity contribution is 7.00. The molecule has 6 aromatic rings. The third-order valence-electron chi connectivity index (χ3n) is 18.6. The minimum atomic E-state index is -2.37. The lowest BCUT2D eigenvalue weighted by molar-refractivity contribution is 0.330. The zero-order chi connectivity index (χ0) is 51.1. The first-order chi connectivity index (χ1) is 32.9. The molecule has 0 unspecified atom stereocenters. The van der Waals surface area contributed by atoms with E-state index in [0.29, 0.717) is 5.56 Å². The van der Waals surface area contributed by atoms with Gasteiger partial charge in [-0.1, -0.05) is 158 Å². The van der Waals surface area contributed by atoms with E-state index in [4.69, 9.17) is 0 Å². The summed E-state index contributed by atoms with van der Waals surface area (Å²) in [5, 5.41) is 0. The summed E-state index contributed by atoms with van der Waals surface area (Å²) in [5.74, 6) is 0. The standard InChI is InChI=1S/C65H77BN2/c1-39-31-55-58-56(32-39)68(52-36-47-45(33-40(52)2)60(6,7)27-28-61(47,8)9)53-34-43(65(16,17)42-21-19-18-20-22-42)23-25-49(53)66(58)50-35-46-48(64(14,15)38-63(46,12)13)37-54(50)67(55)51-26-24-44-57(41(51)3)62(10,11)30-29-59(44,4)5/h18-26,31-37H,27-30,38H2,1-17H3/i1D3. The number of benzene rings is 6.